The second-order valence-corrected chi connectivity index (χ2v) is 3.45. The highest BCUT2D eigenvalue weighted by Gasteiger charge is 2.27. The molecule has 0 bridgehead atoms. The first kappa shape index (κ1) is 11.2. The molecule has 0 aliphatic rings. The van der Waals surface area contributed by atoms with Gasteiger partial charge in [-0.1, -0.05) is 39.2 Å². The van der Waals surface area contributed by atoms with Gasteiger partial charge < -0.3 is 5.32 Å². The van der Waals surface area contributed by atoms with Gasteiger partial charge in [-0.3, -0.25) is 0 Å². The van der Waals surface area contributed by atoms with Crippen molar-refractivity contribution in [2.24, 2.45) is 5.41 Å². The van der Waals surface area contributed by atoms with Gasteiger partial charge in [0.25, 0.3) is 0 Å². The third-order valence-electron chi connectivity index (χ3n) is 2.40. The highest BCUT2D eigenvalue weighted by atomic mass is 14.9. The average molecular weight is 165 g/mol. The molecule has 12 heavy (non-hydrogen) atoms. The fraction of sp³-hybridized carbons (Fsp3) is 0.455. The van der Waals surface area contributed by atoms with E-state index in [-0.39, 0.29) is 11.5 Å². The molecule has 0 aliphatic heterocycles. The summed E-state index contributed by atoms with van der Waals surface area (Å²) in [7, 11) is 1.92. The smallest absolute Gasteiger partial charge is 0.0336 e. The van der Waals surface area contributed by atoms with Crippen LogP contribution in [0.15, 0.2) is 37.5 Å². The van der Waals surface area contributed by atoms with Crippen LogP contribution in [0.1, 0.15) is 13.8 Å². The summed E-state index contributed by atoms with van der Waals surface area (Å²) >= 11 is 0. The van der Waals surface area contributed by atoms with E-state index in [1.165, 1.54) is 0 Å². The van der Waals surface area contributed by atoms with E-state index in [9.17, 15) is 0 Å². The molecule has 0 radical (unpaired) electrons. The molecule has 0 aliphatic carbocycles. The minimum atomic E-state index is -0.0156. The predicted molar refractivity (Wildman–Crippen MR) is 56.2 cm³/mol. The van der Waals surface area contributed by atoms with Gasteiger partial charge in [-0.05, 0) is 12.6 Å². The van der Waals surface area contributed by atoms with Gasteiger partial charge in [-0.2, -0.15) is 0 Å². The Morgan fingerprint density at radius 1 is 1.42 bits per heavy atom. The number of hydrogen-bond donors (Lipinski definition) is 1. The van der Waals surface area contributed by atoms with Gasteiger partial charge in [0.05, 0.1) is 0 Å². The summed E-state index contributed by atoms with van der Waals surface area (Å²) in [4.78, 5) is 0. The number of likely N-dealkylation sites (N-methyl/N-ethyl adjacent to an activating group) is 1. The molecule has 0 aromatic heterocycles. The van der Waals surface area contributed by atoms with Gasteiger partial charge in [0.15, 0.2) is 0 Å². The van der Waals surface area contributed by atoms with E-state index in [0.717, 1.165) is 5.57 Å². The summed E-state index contributed by atoms with van der Waals surface area (Å²) in [6.07, 6.45) is 3.70. The summed E-state index contributed by atoms with van der Waals surface area (Å²) in [5, 5.41) is 3.18. The molecular formula is C11H19N. The second kappa shape index (κ2) is 4.27. The van der Waals surface area contributed by atoms with Gasteiger partial charge in [-0.15, -0.1) is 6.58 Å². The summed E-state index contributed by atoms with van der Waals surface area (Å²) in [5.74, 6) is 0. The number of allylic oxidation sites excluding steroid dienone is 1. The summed E-state index contributed by atoms with van der Waals surface area (Å²) < 4.78 is 0. The highest BCUT2D eigenvalue weighted by Crippen LogP contribution is 2.30. The van der Waals surface area contributed by atoms with Crippen LogP contribution >= 0.6 is 0 Å². The topological polar surface area (TPSA) is 12.0 Å². The van der Waals surface area contributed by atoms with Crippen molar-refractivity contribution in [2.75, 3.05) is 7.05 Å². The Hall–Kier alpha value is -0.820. The van der Waals surface area contributed by atoms with Crippen LogP contribution in [0.3, 0.4) is 0 Å². The molecule has 0 amide bonds. The van der Waals surface area contributed by atoms with Gasteiger partial charge in [0.2, 0.25) is 0 Å². The van der Waals surface area contributed by atoms with Crippen molar-refractivity contribution >= 4 is 0 Å². The zero-order valence-corrected chi connectivity index (χ0v) is 8.35. The first-order chi connectivity index (χ1) is 5.50. The standard InChI is InChI=1S/C11H19N/c1-7-9(3)11(4,5)10(8-2)12-6/h7-8,10,12H,1-3H2,4-6H3. The van der Waals surface area contributed by atoms with Crippen LogP contribution in [0.5, 0.6) is 0 Å². The molecular weight excluding hydrogens is 146 g/mol. The lowest BCUT2D eigenvalue weighted by Gasteiger charge is -2.32. The van der Waals surface area contributed by atoms with E-state index in [0.29, 0.717) is 0 Å². The van der Waals surface area contributed by atoms with E-state index in [1.54, 1.807) is 6.08 Å². The normalized spacial score (nSPS) is 13.6. The van der Waals surface area contributed by atoms with Crippen molar-refractivity contribution < 1.29 is 0 Å². The second-order valence-electron chi connectivity index (χ2n) is 3.45. The zero-order chi connectivity index (χ0) is 9.78. The van der Waals surface area contributed by atoms with Crippen molar-refractivity contribution in [3.05, 3.63) is 37.5 Å². The number of nitrogens with one attached hydrogen (secondary N) is 1. The molecule has 1 atom stereocenters. The van der Waals surface area contributed by atoms with Gasteiger partial charge in [0, 0.05) is 11.5 Å². The molecule has 1 unspecified atom stereocenters. The first-order valence-corrected chi connectivity index (χ1v) is 4.12. The lowest BCUT2D eigenvalue weighted by atomic mass is 9.78. The van der Waals surface area contributed by atoms with Crippen molar-refractivity contribution in [1.29, 1.82) is 0 Å². The van der Waals surface area contributed by atoms with Crippen LogP contribution < -0.4 is 5.32 Å². The lowest BCUT2D eigenvalue weighted by molar-refractivity contribution is 0.364. The Balaban J connectivity index is 4.66. The maximum atomic E-state index is 3.96. The van der Waals surface area contributed by atoms with Gasteiger partial charge in [0.1, 0.15) is 0 Å². The molecule has 0 rings (SSSR count). The maximum absolute atomic E-state index is 3.96. The fourth-order valence-corrected chi connectivity index (χ4v) is 1.24. The average Bonchev–Trinajstić information content (AvgIpc) is 2.04. The Morgan fingerprint density at radius 3 is 2.17 bits per heavy atom. The quantitative estimate of drug-likeness (QED) is 0.487. The maximum Gasteiger partial charge on any atom is 0.0336 e. The van der Waals surface area contributed by atoms with E-state index < -0.39 is 0 Å². The summed E-state index contributed by atoms with van der Waals surface area (Å²) in [5.41, 5.74) is 1.01. The first-order valence-electron chi connectivity index (χ1n) is 4.12. The van der Waals surface area contributed by atoms with E-state index in [4.69, 9.17) is 0 Å². The Morgan fingerprint density at radius 2 is 1.92 bits per heavy atom. The lowest BCUT2D eigenvalue weighted by Crippen LogP contribution is -2.38. The van der Waals surface area contributed by atoms with Crippen molar-refractivity contribution in [2.45, 2.75) is 19.9 Å². The summed E-state index contributed by atoms with van der Waals surface area (Å²) in [6.45, 7) is 15.7. The van der Waals surface area contributed by atoms with Gasteiger partial charge >= 0.3 is 0 Å². The van der Waals surface area contributed by atoms with E-state index in [1.807, 2.05) is 13.1 Å². The SMILES string of the molecule is C=CC(=C)C(C)(C)C(C=C)NC. The molecule has 0 aromatic rings. The van der Waals surface area contributed by atoms with Crippen LogP contribution in [-0.4, -0.2) is 13.1 Å². The Bertz CT molecular complexity index is 189. The van der Waals surface area contributed by atoms with Crippen LogP contribution in [0.25, 0.3) is 0 Å². The highest BCUT2D eigenvalue weighted by molar-refractivity contribution is 5.24. The van der Waals surface area contributed by atoms with Crippen LogP contribution in [0.4, 0.5) is 0 Å². The van der Waals surface area contributed by atoms with Gasteiger partial charge in [-0.25, -0.2) is 0 Å². The predicted octanol–water partition coefficient (Wildman–Crippen LogP) is 2.53. The molecule has 1 heteroatoms. The molecule has 0 saturated carbocycles. The molecule has 68 valence electrons. The van der Waals surface area contributed by atoms with Crippen molar-refractivity contribution in [3.63, 3.8) is 0 Å². The molecule has 0 aromatic carbocycles. The monoisotopic (exact) mass is 165 g/mol. The van der Waals surface area contributed by atoms with Crippen molar-refractivity contribution in [3.8, 4) is 0 Å². The van der Waals surface area contributed by atoms with E-state index >= 15 is 0 Å². The molecule has 0 spiro atoms. The third-order valence-corrected chi connectivity index (χ3v) is 2.40. The molecule has 0 heterocycles. The van der Waals surface area contributed by atoms with Crippen LogP contribution in [0.2, 0.25) is 0 Å². The molecule has 0 fully saturated rings. The Labute approximate surface area is 75.9 Å². The third kappa shape index (κ3) is 2.08. The molecule has 1 nitrogen and oxygen atoms in total. The van der Waals surface area contributed by atoms with E-state index in [2.05, 4.69) is 38.9 Å². The summed E-state index contributed by atoms with van der Waals surface area (Å²) in [6, 6.07) is 0.239. The minimum Gasteiger partial charge on any atom is -0.313 e. The number of rotatable bonds is 5. The minimum absolute atomic E-state index is 0.0156. The van der Waals surface area contributed by atoms with Crippen LogP contribution in [0, 0.1) is 5.41 Å². The number of hydrogen-bond acceptors (Lipinski definition) is 1. The molecule has 0 saturated heterocycles. The van der Waals surface area contributed by atoms with Crippen molar-refractivity contribution in [1.82, 2.24) is 5.32 Å². The zero-order valence-electron chi connectivity index (χ0n) is 8.35. The molecule has 1 N–H and O–H groups in total. The largest absolute Gasteiger partial charge is 0.313 e. The Kier molecular flexibility index (Phi) is 3.98. The van der Waals surface area contributed by atoms with Crippen LogP contribution in [-0.2, 0) is 0 Å². The fourth-order valence-electron chi connectivity index (χ4n) is 1.24.